The largest absolute Gasteiger partial charge is 0.416 e. The molecule has 3 aromatic rings. The van der Waals surface area contributed by atoms with Gasteiger partial charge in [0.15, 0.2) is 0 Å². The number of nitrogen functional groups attached to an aromatic ring is 1. The summed E-state index contributed by atoms with van der Waals surface area (Å²) in [5, 5.41) is 0.353. The van der Waals surface area contributed by atoms with Crippen molar-refractivity contribution in [2.45, 2.75) is 6.18 Å². The van der Waals surface area contributed by atoms with E-state index in [1.54, 1.807) is 18.2 Å². The van der Waals surface area contributed by atoms with Crippen molar-refractivity contribution in [2.75, 3.05) is 5.73 Å². The first kappa shape index (κ1) is 15.8. The topological polar surface area (TPSA) is 60.9 Å². The highest BCUT2D eigenvalue weighted by Gasteiger charge is 2.30. The number of hydrogen-bond donors (Lipinski definition) is 1. The first-order valence-electron chi connectivity index (χ1n) is 6.43. The van der Waals surface area contributed by atoms with E-state index in [1.165, 1.54) is 12.1 Å². The number of fused-ring (bicyclic) bond motifs is 1. The van der Waals surface area contributed by atoms with Crippen LogP contribution in [0.15, 0.2) is 47.3 Å². The second-order valence-electron chi connectivity index (χ2n) is 4.82. The molecule has 1 aromatic heterocycles. The monoisotopic (exact) mass is 431 g/mol. The van der Waals surface area contributed by atoms with Crippen molar-refractivity contribution < 1.29 is 13.2 Å². The minimum Gasteiger partial charge on any atom is -0.369 e. The second kappa shape index (κ2) is 5.52. The quantitative estimate of drug-likeness (QED) is 0.600. The molecule has 0 aliphatic rings. The van der Waals surface area contributed by atoms with E-state index in [4.69, 9.17) is 5.73 Å². The van der Waals surface area contributed by atoms with Crippen molar-refractivity contribution in [2.24, 2.45) is 0 Å². The maximum Gasteiger partial charge on any atom is 0.416 e. The highest BCUT2D eigenvalue weighted by Crippen LogP contribution is 2.29. The Kier molecular flexibility index (Phi) is 3.78. The average molecular weight is 431 g/mol. The Morgan fingerprint density at radius 1 is 1.09 bits per heavy atom. The molecular formula is C15H9F3IN3O. The Hall–Kier alpha value is -2.10. The van der Waals surface area contributed by atoms with Crippen LogP contribution in [0.5, 0.6) is 0 Å². The van der Waals surface area contributed by atoms with Crippen LogP contribution in [0.4, 0.5) is 19.1 Å². The van der Waals surface area contributed by atoms with Crippen molar-refractivity contribution in [3.05, 3.63) is 62.0 Å². The lowest BCUT2D eigenvalue weighted by Crippen LogP contribution is -2.23. The maximum absolute atomic E-state index is 12.6. The van der Waals surface area contributed by atoms with E-state index < -0.39 is 17.3 Å². The third-order valence-electron chi connectivity index (χ3n) is 3.31. The SMILES string of the molecule is Nc1nc2ccc(I)cc2c(=O)n1-c1ccc(C(F)(F)F)cc1. The van der Waals surface area contributed by atoms with Gasteiger partial charge in [-0.2, -0.15) is 13.2 Å². The summed E-state index contributed by atoms with van der Waals surface area (Å²) in [6.45, 7) is 0. The van der Waals surface area contributed by atoms with Gasteiger partial charge >= 0.3 is 6.18 Å². The zero-order chi connectivity index (χ0) is 16.8. The van der Waals surface area contributed by atoms with Gasteiger partial charge in [0.1, 0.15) is 0 Å². The van der Waals surface area contributed by atoms with Crippen LogP contribution in [0.1, 0.15) is 5.56 Å². The highest BCUT2D eigenvalue weighted by atomic mass is 127. The first-order valence-corrected chi connectivity index (χ1v) is 7.50. The number of nitrogens with zero attached hydrogens (tertiary/aromatic N) is 2. The molecule has 0 spiro atoms. The summed E-state index contributed by atoms with van der Waals surface area (Å²) in [7, 11) is 0. The number of aromatic nitrogens is 2. The summed E-state index contributed by atoms with van der Waals surface area (Å²) in [4.78, 5) is 16.7. The number of hydrogen-bond acceptors (Lipinski definition) is 3. The van der Waals surface area contributed by atoms with E-state index >= 15 is 0 Å². The molecule has 118 valence electrons. The normalized spacial score (nSPS) is 11.8. The van der Waals surface area contributed by atoms with Gasteiger partial charge in [-0.3, -0.25) is 4.79 Å². The van der Waals surface area contributed by atoms with E-state index in [0.29, 0.717) is 10.9 Å². The first-order chi connectivity index (χ1) is 10.8. The minimum atomic E-state index is -4.44. The van der Waals surface area contributed by atoms with E-state index in [1.807, 2.05) is 0 Å². The summed E-state index contributed by atoms with van der Waals surface area (Å²) in [6, 6.07) is 9.32. The molecule has 2 N–H and O–H groups in total. The molecule has 0 amide bonds. The highest BCUT2D eigenvalue weighted by molar-refractivity contribution is 14.1. The molecule has 0 atom stereocenters. The van der Waals surface area contributed by atoms with Crippen molar-refractivity contribution >= 4 is 39.4 Å². The van der Waals surface area contributed by atoms with Crippen molar-refractivity contribution in [1.82, 2.24) is 9.55 Å². The Bertz CT molecular complexity index is 949. The van der Waals surface area contributed by atoms with Gasteiger partial charge in [0, 0.05) is 3.57 Å². The number of rotatable bonds is 1. The molecule has 0 bridgehead atoms. The van der Waals surface area contributed by atoms with Crippen molar-refractivity contribution in [1.29, 1.82) is 0 Å². The molecule has 1 heterocycles. The Morgan fingerprint density at radius 2 is 1.74 bits per heavy atom. The molecule has 8 heteroatoms. The number of halogens is 4. The molecule has 3 rings (SSSR count). The van der Waals surface area contributed by atoms with Crippen LogP contribution in [0.2, 0.25) is 0 Å². The third-order valence-corrected chi connectivity index (χ3v) is 3.98. The standard InChI is InChI=1S/C15H9F3IN3O/c16-15(17,18)8-1-4-10(5-2-8)22-13(23)11-7-9(19)3-6-12(11)21-14(22)20/h1-7H,(H2,20,21). The molecule has 0 aliphatic carbocycles. The molecule has 2 aromatic carbocycles. The summed E-state index contributed by atoms with van der Waals surface area (Å²) in [5.41, 5.74) is 5.26. The third kappa shape index (κ3) is 2.90. The number of benzene rings is 2. The molecule has 23 heavy (non-hydrogen) atoms. The lowest BCUT2D eigenvalue weighted by atomic mass is 10.2. The van der Waals surface area contributed by atoms with Gasteiger partial charge in [-0.05, 0) is 65.1 Å². The summed E-state index contributed by atoms with van der Waals surface area (Å²) in [5.74, 6) is -0.0801. The summed E-state index contributed by atoms with van der Waals surface area (Å²) >= 11 is 2.06. The summed E-state index contributed by atoms with van der Waals surface area (Å²) in [6.07, 6.45) is -4.44. The Labute approximate surface area is 141 Å². The van der Waals surface area contributed by atoms with Crippen LogP contribution in [0.25, 0.3) is 16.6 Å². The second-order valence-corrected chi connectivity index (χ2v) is 6.06. The van der Waals surface area contributed by atoms with Gasteiger partial charge in [0.2, 0.25) is 5.95 Å². The summed E-state index contributed by atoms with van der Waals surface area (Å²) < 4.78 is 39.8. The van der Waals surface area contributed by atoms with Crippen molar-refractivity contribution in [3.8, 4) is 5.69 Å². The molecule has 0 fully saturated rings. The maximum atomic E-state index is 12.6. The fraction of sp³-hybridized carbons (Fsp3) is 0.0667. The lowest BCUT2D eigenvalue weighted by Gasteiger charge is -2.12. The van der Waals surface area contributed by atoms with Gasteiger partial charge in [-0.15, -0.1) is 0 Å². The molecule has 0 aliphatic heterocycles. The fourth-order valence-corrected chi connectivity index (χ4v) is 2.72. The zero-order valence-electron chi connectivity index (χ0n) is 11.4. The van der Waals surface area contributed by atoms with Crippen LogP contribution >= 0.6 is 22.6 Å². The molecular weight excluding hydrogens is 422 g/mol. The molecule has 0 saturated heterocycles. The molecule has 0 unspecified atom stereocenters. The van der Waals surface area contributed by atoms with E-state index in [0.717, 1.165) is 20.3 Å². The van der Waals surface area contributed by atoms with Gasteiger partial charge in [0.05, 0.1) is 22.2 Å². The van der Waals surface area contributed by atoms with Gasteiger partial charge in [0.25, 0.3) is 5.56 Å². The molecule has 0 radical (unpaired) electrons. The van der Waals surface area contributed by atoms with Crippen molar-refractivity contribution in [3.63, 3.8) is 0 Å². The number of alkyl halides is 3. The lowest BCUT2D eigenvalue weighted by molar-refractivity contribution is -0.137. The van der Waals surface area contributed by atoms with Crippen LogP contribution in [0, 0.1) is 3.57 Å². The van der Waals surface area contributed by atoms with Gasteiger partial charge in [-0.1, -0.05) is 0 Å². The predicted octanol–water partition coefficient (Wildman–Crippen LogP) is 3.59. The van der Waals surface area contributed by atoms with Gasteiger partial charge < -0.3 is 5.73 Å². The predicted molar refractivity (Wildman–Crippen MR) is 89.5 cm³/mol. The number of anilines is 1. The van der Waals surface area contributed by atoms with E-state index in [-0.39, 0.29) is 11.6 Å². The average Bonchev–Trinajstić information content (AvgIpc) is 2.48. The fourth-order valence-electron chi connectivity index (χ4n) is 2.22. The smallest absolute Gasteiger partial charge is 0.369 e. The van der Waals surface area contributed by atoms with Crippen LogP contribution in [0.3, 0.4) is 0 Å². The zero-order valence-corrected chi connectivity index (χ0v) is 13.6. The number of nitrogens with two attached hydrogens (primary N) is 1. The van der Waals surface area contributed by atoms with Crippen LogP contribution < -0.4 is 11.3 Å². The molecule has 0 saturated carbocycles. The molecule has 4 nitrogen and oxygen atoms in total. The van der Waals surface area contributed by atoms with E-state index in [9.17, 15) is 18.0 Å². The van der Waals surface area contributed by atoms with Crippen LogP contribution in [-0.2, 0) is 6.18 Å². The minimum absolute atomic E-state index is 0.0801. The van der Waals surface area contributed by atoms with Gasteiger partial charge in [-0.25, -0.2) is 9.55 Å². The Morgan fingerprint density at radius 3 is 2.35 bits per heavy atom. The Balaban J connectivity index is 2.22. The van der Waals surface area contributed by atoms with E-state index in [2.05, 4.69) is 27.6 Å². The van der Waals surface area contributed by atoms with Crippen LogP contribution in [-0.4, -0.2) is 9.55 Å².